The first kappa shape index (κ1) is 11.5. The minimum atomic E-state index is 0.835. The molecule has 1 aliphatic rings. The molecule has 1 N–H and O–H groups in total. The maximum absolute atomic E-state index is 4.35. The first-order valence-corrected chi connectivity index (χ1v) is 5.95. The number of aromatic nitrogens is 2. The van der Waals surface area contributed by atoms with Gasteiger partial charge in [0.25, 0.3) is 0 Å². The minimum absolute atomic E-state index is 0.835. The lowest BCUT2D eigenvalue weighted by atomic mass is 10.4. The Hall–Kier alpha value is -1.00. The van der Waals surface area contributed by atoms with Crippen LogP contribution in [0.2, 0.25) is 0 Å². The predicted molar refractivity (Wildman–Crippen MR) is 64.1 cm³/mol. The number of hydrogen-bond acceptors (Lipinski definition) is 4. The van der Waals surface area contributed by atoms with E-state index in [9.17, 15) is 0 Å². The summed E-state index contributed by atoms with van der Waals surface area (Å²) in [7, 11) is 2.20. The van der Waals surface area contributed by atoms with Gasteiger partial charge in [0, 0.05) is 31.9 Å². The fraction of sp³-hybridized carbons (Fsp3) is 0.667. The number of nitrogens with one attached hydrogen (secondary N) is 1. The van der Waals surface area contributed by atoms with Crippen molar-refractivity contribution >= 4 is 0 Å². The highest BCUT2D eigenvalue weighted by Gasteiger charge is 2.25. The molecular weight excluding hydrogens is 200 g/mol. The van der Waals surface area contributed by atoms with E-state index in [1.54, 1.807) is 0 Å². The van der Waals surface area contributed by atoms with Crippen molar-refractivity contribution in [2.75, 3.05) is 20.1 Å². The average molecular weight is 220 g/mol. The summed E-state index contributed by atoms with van der Waals surface area (Å²) >= 11 is 0. The van der Waals surface area contributed by atoms with Crippen LogP contribution in [0.5, 0.6) is 0 Å². The Kier molecular flexibility index (Phi) is 3.85. The van der Waals surface area contributed by atoms with Crippen molar-refractivity contribution in [3.05, 3.63) is 23.8 Å². The smallest absolute Gasteiger partial charge is 0.125 e. The molecule has 0 radical (unpaired) electrons. The van der Waals surface area contributed by atoms with Gasteiger partial charge in [-0.15, -0.1) is 0 Å². The van der Waals surface area contributed by atoms with Crippen LogP contribution in [0.15, 0.2) is 12.3 Å². The Labute approximate surface area is 97.1 Å². The lowest BCUT2D eigenvalue weighted by molar-refractivity contribution is 0.321. The maximum Gasteiger partial charge on any atom is 0.125 e. The van der Waals surface area contributed by atoms with Crippen LogP contribution in [-0.4, -0.2) is 41.0 Å². The first-order valence-electron chi connectivity index (χ1n) is 5.95. The molecule has 1 aliphatic carbocycles. The largest absolute Gasteiger partial charge is 0.310 e. The fourth-order valence-electron chi connectivity index (χ4n) is 1.77. The van der Waals surface area contributed by atoms with E-state index in [0.717, 1.165) is 37.2 Å². The second-order valence-corrected chi connectivity index (χ2v) is 4.48. The van der Waals surface area contributed by atoms with Gasteiger partial charge in [0.05, 0.1) is 5.69 Å². The van der Waals surface area contributed by atoms with E-state index < -0.39 is 0 Å². The van der Waals surface area contributed by atoms with Gasteiger partial charge in [0.2, 0.25) is 0 Å². The lowest BCUT2D eigenvalue weighted by Crippen LogP contribution is -2.30. The van der Waals surface area contributed by atoms with E-state index in [1.165, 1.54) is 12.8 Å². The topological polar surface area (TPSA) is 41.1 Å². The Balaban J connectivity index is 1.63. The van der Waals surface area contributed by atoms with Crippen molar-refractivity contribution in [3.63, 3.8) is 0 Å². The molecule has 1 aromatic rings. The Morgan fingerprint density at radius 3 is 3.00 bits per heavy atom. The van der Waals surface area contributed by atoms with Crippen molar-refractivity contribution in [1.82, 2.24) is 20.2 Å². The number of aryl methyl sites for hydroxylation is 1. The molecule has 0 aliphatic heterocycles. The highest BCUT2D eigenvalue weighted by Crippen LogP contribution is 2.24. The second-order valence-electron chi connectivity index (χ2n) is 4.48. The summed E-state index contributed by atoms with van der Waals surface area (Å²) in [5.74, 6) is 0.842. The van der Waals surface area contributed by atoms with Gasteiger partial charge in [-0.3, -0.25) is 0 Å². The predicted octanol–water partition coefficient (Wildman–Crippen LogP) is 0.969. The van der Waals surface area contributed by atoms with Gasteiger partial charge in [0.15, 0.2) is 0 Å². The van der Waals surface area contributed by atoms with Crippen molar-refractivity contribution in [1.29, 1.82) is 0 Å². The van der Waals surface area contributed by atoms with Crippen molar-refractivity contribution in [3.8, 4) is 0 Å². The van der Waals surface area contributed by atoms with Gasteiger partial charge in [-0.25, -0.2) is 9.97 Å². The van der Waals surface area contributed by atoms with Gasteiger partial charge >= 0.3 is 0 Å². The second kappa shape index (κ2) is 5.37. The maximum atomic E-state index is 4.35. The number of likely N-dealkylation sites (N-methyl/N-ethyl adjacent to an activating group) is 1. The van der Waals surface area contributed by atoms with Gasteiger partial charge in [-0.05, 0) is 32.9 Å². The van der Waals surface area contributed by atoms with E-state index in [-0.39, 0.29) is 0 Å². The molecule has 0 amide bonds. The van der Waals surface area contributed by atoms with E-state index >= 15 is 0 Å². The third kappa shape index (κ3) is 3.54. The standard InChI is InChI=1S/C12H20N4/c1-10-14-6-5-11(15-10)9-13-7-8-16(2)12-3-4-12/h5-6,12-13H,3-4,7-9H2,1-2H3. The van der Waals surface area contributed by atoms with E-state index in [1.807, 2.05) is 19.2 Å². The number of nitrogens with zero attached hydrogens (tertiary/aromatic N) is 3. The summed E-state index contributed by atoms with van der Waals surface area (Å²) in [5, 5.41) is 3.41. The van der Waals surface area contributed by atoms with Crippen molar-refractivity contribution < 1.29 is 0 Å². The molecule has 0 saturated heterocycles. The molecule has 0 aromatic carbocycles. The molecule has 4 heteroatoms. The molecular formula is C12H20N4. The number of rotatable bonds is 6. The molecule has 1 saturated carbocycles. The summed E-state index contributed by atoms with van der Waals surface area (Å²) in [6.07, 6.45) is 4.57. The van der Waals surface area contributed by atoms with Crippen LogP contribution < -0.4 is 5.32 Å². The first-order chi connectivity index (χ1) is 7.75. The summed E-state index contributed by atoms with van der Waals surface area (Å²) < 4.78 is 0. The molecule has 1 fully saturated rings. The van der Waals surface area contributed by atoms with Crippen LogP contribution in [0.3, 0.4) is 0 Å². The summed E-state index contributed by atoms with van der Waals surface area (Å²) in [5.41, 5.74) is 1.07. The average Bonchev–Trinajstić information content (AvgIpc) is 3.08. The molecule has 88 valence electrons. The van der Waals surface area contributed by atoms with Crippen LogP contribution in [0.4, 0.5) is 0 Å². The van der Waals surface area contributed by atoms with Crippen LogP contribution in [0.1, 0.15) is 24.4 Å². The van der Waals surface area contributed by atoms with Gasteiger partial charge in [-0.1, -0.05) is 0 Å². The zero-order valence-electron chi connectivity index (χ0n) is 10.1. The number of hydrogen-bond donors (Lipinski definition) is 1. The summed E-state index contributed by atoms with van der Waals surface area (Å²) in [4.78, 5) is 10.9. The van der Waals surface area contributed by atoms with Crippen LogP contribution in [-0.2, 0) is 6.54 Å². The fourth-order valence-corrected chi connectivity index (χ4v) is 1.77. The molecule has 0 unspecified atom stereocenters. The highest BCUT2D eigenvalue weighted by atomic mass is 15.2. The quantitative estimate of drug-likeness (QED) is 0.725. The summed E-state index contributed by atoms with van der Waals surface area (Å²) in [6.45, 7) is 4.90. The van der Waals surface area contributed by atoms with Gasteiger partial charge < -0.3 is 10.2 Å². The third-order valence-corrected chi connectivity index (χ3v) is 2.95. The zero-order chi connectivity index (χ0) is 11.4. The van der Waals surface area contributed by atoms with E-state index in [0.29, 0.717) is 0 Å². The molecule has 1 heterocycles. The van der Waals surface area contributed by atoms with Crippen LogP contribution in [0.25, 0.3) is 0 Å². The normalized spacial score (nSPS) is 15.7. The van der Waals surface area contributed by atoms with Crippen LogP contribution in [0, 0.1) is 6.92 Å². The third-order valence-electron chi connectivity index (χ3n) is 2.95. The highest BCUT2D eigenvalue weighted by molar-refractivity contribution is 5.00. The Morgan fingerprint density at radius 1 is 1.50 bits per heavy atom. The SMILES string of the molecule is Cc1nccc(CNCCN(C)C2CC2)n1. The van der Waals surface area contributed by atoms with Gasteiger partial charge in [0.1, 0.15) is 5.82 Å². The molecule has 2 rings (SSSR count). The molecule has 1 aromatic heterocycles. The van der Waals surface area contributed by atoms with Crippen LogP contribution >= 0.6 is 0 Å². The zero-order valence-corrected chi connectivity index (χ0v) is 10.1. The Morgan fingerprint density at radius 2 is 2.31 bits per heavy atom. The molecule has 0 bridgehead atoms. The van der Waals surface area contributed by atoms with Crippen molar-refractivity contribution in [2.45, 2.75) is 32.4 Å². The minimum Gasteiger partial charge on any atom is -0.310 e. The molecule has 4 nitrogen and oxygen atoms in total. The monoisotopic (exact) mass is 220 g/mol. The van der Waals surface area contributed by atoms with E-state index in [4.69, 9.17) is 0 Å². The Bertz CT molecular complexity index is 336. The molecule has 0 atom stereocenters. The van der Waals surface area contributed by atoms with Crippen molar-refractivity contribution in [2.24, 2.45) is 0 Å². The van der Waals surface area contributed by atoms with E-state index in [2.05, 4.69) is 27.2 Å². The van der Waals surface area contributed by atoms with Gasteiger partial charge in [-0.2, -0.15) is 0 Å². The lowest BCUT2D eigenvalue weighted by Gasteiger charge is -2.15. The molecule has 16 heavy (non-hydrogen) atoms. The molecule has 0 spiro atoms. The summed E-state index contributed by atoms with van der Waals surface area (Å²) in [6, 6.07) is 2.81.